The molecule has 1 heterocycles. The fourth-order valence-electron chi connectivity index (χ4n) is 2.07. The Morgan fingerprint density at radius 2 is 2.05 bits per heavy atom. The van der Waals surface area contributed by atoms with Gasteiger partial charge in [0.25, 0.3) is 5.69 Å². The number of carbonyl (C=O) groups excluding carboxylic acids is 1. The summed E-state index contributed by atoms with van der Waals surface area (Å²) in [6.45, 7) is 0. The van der Waals surface area contributed by atoms with E-state index in [-0.39, 0.29) is 11.3 Å². The lowest BCUT2D eigenvalue weighted by molar-refractivity contribution is -0.384. The largest absolute Gasteiger partial charge is 0.465 e. The summed E-state index contributed by atoms with van der Waals surface area (Å²) in [4.78, 5) is 26.7. The van der Waals surface area contributed by atoms with E-state index in [4.69, 9.17) is 0 Å². The maximum Gasteiger partial charge on any atom is 0.338 e. The van der Waals surface area contributed by atoms with Crippen molar-refractivity contribution in [3.8, 4) is 10.6 Å². The van der Waals surface area contributed by atoms with Crippen LogP contribution in [0, 0.1) is 10.1 Å². The third-order valence-electron chi connectivity index (χ3n) is 3.09. The van der Waals surface area contributed by atoms with Crippen LogP contribution in [-0.4, -0.2) is 23.0 Å². The summed E-state index contributed by atoms with van der Waals surface area (Å²) in [5, 5.41) is 11.7. The summed E-state index contributed by atoms with van der Waals surface area (Å²) in [6, 6.07) is 11.7. The van der Waals surface area contributed by atoms with Crippen LogP contribution in [0.15, 0.2) is 42.5 Å². The van der Waals surface area contributed by atoms with Crippen molar-refractivity contribution in [3.63, 3.8) is 0 Å². The number of nitro groups is 1. The summed E-state index contributed by atoms with van der Waals surface area (Å²) < 4.78 is 5.62. The minimum absolute atomic E-state index is 0.131. The minimum Gasteiger partial charge on any atom is -0.465 e. The molecular formula is C15H10N2O4S. The van der Waals surface area contributed by atoms with E-state index in [0.717, 1.165) is 10.2 Å². The first kappa shape index (κ1) is 14.2. The summed E-state index contributed by atoms with van der Waals surface area (Å²) in [7, 11) is 1.23. The van der Waals surface area contributed by atoms with Gasteiger partial charge in [-0.3, -0.25) is 10.1 Å². The molecule has 0 aliphatic rings. The second kappa shape index (κ2) is 5.53. The SMILES string of the molecule is COC(=O)c1cc(-c2nc3ccccc3s2)cc([N+](=O)[O-])c1. The van der Waals surface area contributed by atoms with E-state index < -0.39 is 10.9 Å². The number of hydrogen-bond donors (Lipinski definition) is 0. The van der Waals surface area contributed by atoms with Gasteiger partial charge in [0, 0.05) is 17.7 Å². The van der Waals surface area contributed by atoms with E-state index in [1.807, 2.05) is 24.3 Å². The fraction of sp³-hybridized carbons (Fsp3) is 0.0667. The Bertz CT molecular complexity index is 855. The smallest absolute Gasteiger partial charge is 0.338 e. The molecule has 0 atom stereocenters. The van der Waals surface area contributed by atoms with E-state index in [0.29, 0.717) is 10.6 Å². The maximum atomic E-state index is 11.7. The number of carbonyl (C=O) groups is 1. The Morgan fingerprint density at radius 1 is 1.27 bits per heavy atom. The Hall–Kier alpha value is -2.80. The molecule has 22 heavy (non-hydrogen) atoms. The topological polar surface area (TPSA) is 82.3 Å². The standard InChI is InChI=1S/C15H10N2O4S/c1-21-15(18)10-6-9(7-11(8-10)17(19)20)14-16-12-4-2-3-5-13(12)22-14/h2-8H,1H3. The number of para-hydroxylation sites is 1. The van der Waals surface area contributed by atoms with E-state index in [2.05, 4.69) is 9.72 Å². The number of ether oxygens (including phenoxy) is 1. The number of hydrogen-bond acceptors (Lipinski definition) is 6. The molecule has 0 aliphatic heterocycles. The van der Waals surface area contributed by atoms with Crippen molar-refractivity contribution >= 4 is 33.2 Å². The molecule has 0 saturated heterocycles. The molecule has 7 heteroatoms. The average molecular weight is 314 g/mol. The first-order valence-electron chi connectivity index (χ1n) is 6.32. The lowest BCUT2D eigenvalue weighted by Crippen LogP contribution is -2.02. The zero-order valence-electron chi connectivity index (χ0n) is 11.5. The van der Waals surface area contributed by atoms with Crippen LogP contribution in [0.2, 0.25) is 0 Å². The number of fused-ring (bicyclic) bond motifs is 1. The highest BCUT2D eigenvalue weighted by molar-refractivity contribution is 7.21. The molecule has 0 spiro atoms. The maximum absolute atomic E-state index is 11.7. The second-order valence-corrected chi connectivity index (χ2v) is 5.53. The van der Waals surface area contributed by atoms with Gasteiger partial charge in [-0.15, -0.1) is 11.3 Å². The number of thiazole rings is 1. The Labute approximate surface area is 129 Å². The Morgan fingerprint density at radius 3 is 2.73 bits per heavy atom. The van der Waals surface area contributed by atoms with E-state index in [1.165, 1.54) is 30.6 Å². The molecule has 0 aliphatic carbocycles. The number of aromatic nitrogens is 1. The summed E-state index contributed by atoms with van der Waals surface area (Å²) in [5.41, 5.74) is 1.30. The van der Waals surface area contributed by atoms with Crippen LogP contribution >= 0.6 is 11.3 Å². The number of non-ortho nitro benzene ring substituents is 1. The number of rotatable bonds is 3. The molecule has 0 saturated carbocycles. The predicted molar refractivity (Wildman–Crippen MR) is 83.0 cm³/mol. The van der Waals surface area contributed by atoms with Crippen molar-refractivity contribution in [2.24, 2.45) is 0 Å². The van der Waals surface area contributed by atoms with Crippen molar-refractivity contribution in [1.29, 1.82) is 0 Å². The van der Waals surface area contributed by atoms with Crippen molar-refractivity contribution in [1.82, 2.24) is 4.98 Å². The molecule has 1 aromatic heterocycles. The number of esters is 1. The van der Waals surface area contributed by atoms with Gasteiger partial charge in [-0.05, 0) is 18.2 Å². The zero-order chi connectivity index (χ0) is 15.7. The van der Waals surface area contributed by atoms with Gasteiger partial charge in [0.05, 0.1) is 27.8 Å². The molecule has 2 aromatic carbocycles. The minimum atomic E-state index is -0.619. The van der Waals surface area contributed by atoms with Gasteiger partial charge in [0.1, 0.15) is 5.01 Å². The monoisotopic (exact) mass is 314 g/mol. The highest BCUT2D eigenvalue weighted by Gasteiger charge is 2.17. The second-order valence-electron chi connectivity index (χ2n) is 4.50. The van der Waals surface area contributed by atoms with Crippen molar-refractivity contribution < 1.29 is 14.5 Å². The number of nitro benzene ring substituents is 1. The zero-order valence-corrected chi connectivity index (χ0v) is 12.3. The first-order valence-corrected chi connectivity index (χ1v) is 7.14. The highest BCUT2D eigenvalue weighted by Crippen LogP contribution is 2.32. The van der Waals surface area contributed by atoms with Gasteiger partial charge >= 0.3 is 5.97 Å². The molecule has 0 radical (unpaired) electrons. The normalized spacial score (nSPS) is 10.6. The summed E-state index contributed by atoms with van der Waals surface area (Å²) >= 11 is 1.41. The predicted octanol–water partition coefficient (Wildman–Crippen LogP) is 3.66. The molecule has 0 unspecified atom stereocenters. The summed E-state index contributed by atoms with van der Waals surface area (Å²) in [5.74, 6) is -0.619. The van der Waals surface area contributed by atoms with Crippen LogP contribution in [0.3, 0.4) is 0 Å². The molecule has 3 rings (SSSR count). The third kappa shape index (κ3) is 2.53. The summed E-state index contributed by atoms with van der Waals surface area (Å²) in [6.07, 6.45) is 0. The van der Waals surface area contributed by atoms with Gasteiger partial charge < -0.3 is 4.74 Å². The quantitative estimate of drug-likeness (QED) is 0.418. The molecule has 0 bridgehead atoms. The van der Waals surface area contributed by atoms with Crippen LogP contribution in [0.1, 0.15) is 10.4 Å². The van der Waals surface area contributed by atoms with E-state index >= 15 is 0 Å². The molecule has 0 amide bonds. The highest BCUT2D eigenvalue weighted by atomic mass is 32.1. The van der Waals surface area contributed by atoms with Crippen LogP contribution in [0.5, 0.6) is 0 Å². The van der Waals surface area contributed by atoms with Crippen LogP contribution in [0.4, 0.5) is 5.69 Å². The number of nitrogens with zero attached hydrogens (tertiary/aromatic N) is 2. The van der Waals surface area contributed by atoms with E-state index in [1.54, 1.807) is 6.07 Å². The third-order valence-corrected chi connectivity index (χ3v) is 4.18. The Balaban J connectivity index is 2.18. The van der Waals surface area contributed by atoms with Gasteiger partial charge in [-0.1, -0.05) is 12.1 Å². The van der Waals surface area contributed by atoms with Gasteiger partial charge in [0.15, 0.2) is 0 Å². The number of benzene rings is 2. The molecule has 0 N–H and O–H groups in total. The van der Waals surface area contributed by atoms with Crippen molar-refractivity contribution in [2.75, 3.05) is 7.11 Å². The van der Waals surface area contributed by atoms with Crippen LogP contribution < -0.4 is 0 Å². The molecule has 3 aromatic rings. The fourth-order valence-corrected chi connectivity index (χ4v) is 3.02. The molecular weight excluding hydrogens is 304 g/mol. The molecule has 110 valence electrons. The lowest BCUT2D eigenvalue weighted by atomic mass is 10.1. The number of methoxy groups -OCH3 is 1. The first-order chi connectivity index (χ1) is 10.6. The van der Waals surface area contributed by atoms with Crippen LogP contribution in [0.25, 0.3) is 20.8 Å². The van der Waals surface area contributed by atoms with Gasteiger partial charge in [-0.25, -0.2) is 9.78 Å². The van der Waals surface area contributed by atoms with Gasteiger partial charge in [0.2, 0.25) is 0 Å². The molecule has 6 nitrogen and oxygen atoms in total. The van der Waals surface area contributed by atoms with E-state index in [9.17, 15) is 14.9 Å². The average Bonchev–Trinajstić information content (AvgIpc) is 2.97. The van der Waals surface area contributed by atoms with Crippen molar-refractivity contribution in [3.05, 3.63) is 58.1 Å². The Kier molecular flexibility index (Phi) is 3.56. The lowest BCUT2D eigenvalue weighted by Gasteiger charge is -2.02. The van der Waals surface area contributed by atoms with Gasteiger partial charge in [-0.2, -0.15) is 0 Å². The van der Waals surface area contributed by atoms with Crippen molar-refractivity contribution in [2.45, 2.75) is 0 Å². The van der Waals surface area contributed by atoms with Crippen LogP contribution in [-0.2, 0) is 4.74 Å². The molecule has 0 fully saturated rings.